The van der Waals surface area contributed by atoms with Crippen LogP contribution in [0.25, 0.3) is 0 Å². The highest BCUT2D eigenvalue weighted by molar-refractivity contribution is 5.79. The van der Waals surface area contributed by atoms with Crippen LogP contribution in [-0.2, 0) is 11.2 Å². The smallest absolute Gasteiger partial charge is 0.227 e. The van der Waals surface area contributed by atoms with E-state index in [4.69, 9.17) is 0 Å². The fourth-order valence-corrected chi connectivity index (χ4v) is 3.10. The van der Waals surface area contributed by atoms with Crippen molar-refractivity contribution in [3.05, 3.63) is 71.0 Å². The van der Waals surface area contributed by atoms with Crippen LogP contribution in [0.5, 0.6) is 0 Å². The van der Waals surface area contributed by atoms with Gasteiger partial charge >= 0.3 is 0 Å². The van der Waals surface area contributed by atoms with E-state index in [0.29, 0.717) is 12.3 Å². The minimum atomic E-state index is -0.214. The first kappa shape index (κ1) is 14.8. The van der Waals surface area contributed by atoms with Gasteiger partial charge in [0.05, 0.1) is 6.42 Å². The van der Waals surface area contributed by atoms with Crippen LogP contribution in [0.2, 0.25) is 0 Å². The third-order valence-corrected chi connectivity index (χ3v) is 4.32. The molecule has 0 bridgehead atoms. The molecule has 114 valence electrons. The van der Waals surface area contributed by atoms with Gasteiger partial charge in [0.25, 0.3) is 0 Å². The van der Waals surface area contributed by atoms with Gasteiger partial charge in [-0.05, 0) is 36.6 Å². The summed E-state index contributed by atoms with van der Waals surface area (Å²) in [6.07, 6.45) is 1.41. The lowest BCUT2D eigenvalue weighted by atomic mass is 9.98. The molecule has 3 heteroatoms. The Morgan fingerprint density at radius 3 is 2.73 bits per heavy atom. The number of hydrogen-bond donors (Lipinski definition) is 0. The Kier molecular flexibility index (Phi) is 4.23. The predicted octanol–water partition coefficient (Wildman–Crippen LogP) is 3.69. The molecule has 1 amide bonds. The Morgan fingerprint density at radius 1 is 1.23 bits per heavy atom. The van der Waals surface area contributed by atoms with Crippen LogP contribution in [0.4, 0.5) is 4.39 Å². The van der Waals surface area contributed by atoms with E-state index >= 15 is 0 Å². The van der Waals surface area contributed by atoms with Crippen molar-refractivity contribution in [2.45, 2.75) is 25.7 Å². The van der Waals surface area contributed by atoms with Crippen molar-refractivity contribution in [1.29, 1.82) is 0 Å². The molecule has 1 aliphatic rings. The van der Waals surface area contributed by atoms with E-state index in [1.807, 2.05) is 42.2 Å². The molecular weight excluding hydrogens is 277 g/mol. The Hall–Kier alpha value is -2.16. The number of carbonyl (C=O) groups excluding carboxylic acids is 1. The normalized spacial score (nSPS) is 17.7. The molecule has 1 aliphatic heterocycles. The largest absolute Gasteiger partial charge is 0.342 e. The number of hydrogen-bond acceptors (Lipinski definition) is 1. The molecule has 1 saturated heterocycles. The summed E-state index contributed by atoms with van der Waals surface area (Å²) in [6, 6.07) is 14.7. The summed E-state index contributed by atoms with van der Waals surface area (Å²) in [4.78, 5) is 14.3. The van der Waals surface area contributed by atoms with E-state index < -0.39 is 0 Å². The summed E-state index contributed by atoms with van der Waals surface area (Å²) in [6.45, 7) is 3.55. The number of amides is 1. The molecule has 1 heterocycles. The second-order valence-electron chi connectivity index (χ2n) is 6.04. The summed E-state index contributed by atoms with van der Waals surface area (Å²) in [5, 5.41) is 0. The summed E-state index contributed by atoms with van der Waals surface area (Å²) in [5.74, 6) is 0.284. The lowest BCUT2D eigenvalue weighted by molar-refractivity contribution is -0.129. The van der Waals surface area contributed by atoms with Crippen molar-refractivity contribution in [3.8, 4) is 0 Å². The summed E-state index contributed by atoms with van der Waals surface area (Å²) in [5.41, 5.74) is 3.36. The number of carbonyl (C=O) groups is 1. The van der Waals surface area contributed by atoms with Crippen LogP contribution in [-0.4, -0.2) is 23.9 Å². The Balaban J connectivity index is 1.62. The predicted molar refractivity (Wildman–Crippen MR) is 85.2 cm³/mol. The third kappa shape index (κ3) is 3.35. The average Bonchev–Trinajstić information content (AvgIpc) is 2.98. The van der Waals surface area contributed by atoms with E-state index in [1.54, 1.807) is 0 Å². The highest BCUT2D eigenvalue weighted by Gasteiger charge is 2.27. The quantitative estimate of drug-likeness (QED) is 0.846. The average molecular weight is 297 g/mol. The van der Waals surface area contributed by atoms with Crippen molar-refractivity contribution in [2.75, 3.05) is 13.1 Å². The maximum Gasteiger partial charge on any atom is 0.227 e. The maximum absolute atomic E-state index is 13.0. The van der Waals surface area contributed by atoms with E-state index in [9.17, 15) is 9.18 Å². The number of aryl methyl sites for hydroxylation is 1. The highest BCUT2D eigenvalue weighted by Crippen LogP contribution is 2.27. The molecule has 1 atom stereocenters. The molecule has 2 aromatic rings. The molecule has 0 aromatic heterocycles. The van der Waals surface area contributed by atoms with Crippen LogP contribution in [0.3, 0.4) is 0 Å². The van der Waals surface area contributed by atoms with Crippen LogP contribution in [0, 0.1) is 12.7 Å². The number of likely N-dealkylation sites (tertiary alicyclic amines) is 1. The molecule has 0 radical (unpaired) electrons. The summed E-state index contributed by atoms with van der Waals surface area (Å²) in [7, 11) is 0. The zero-order chi connectivity index (χ0) is 15.5. The molecule has 0 N–H and O–H groups in total. The second kappa shape index (κ2) is 6.30. The molecule has 0 spiro atoms. The van der Waals surface area contributed by atoms with E-state index in [1.165, 1.54) is 17.7 Å². The van der Waals surface area contributed by atoms with Crippen LogP contribution >= 0.6 is 0 Å². The third-order valence-electron chi connectivity index (χ3n) is 4.32. The topological polar surface area (TPSA) is 20.3 Å². The molecule has 22 heavy (non-hydrogen) atoms. The SMILES string of the molecule is Cc1cccc(CC(=O)N2CC[C@H](c3ccc(F)cc3)C2)c1. The van der Waals surface area contributed by atoms with Crippen LogP contribution < -0.4 is 0 Å². The molecule has 1 fully saturated rings. The number of benzene rings is 2. The molecule has 0 unspecified atom stereocenters. The van der Waals surface area contributed by atoms with Gasteiger partial charge in [0.1, 0.15) is 5.82 Å². The molecule has 0 saturated carbocycles. The van der Waals surface area contributed by atoms with Gasteiger partial charge in [-0.1, -0.05) is 42.0 Å². The Morgan fingerprint density at radius 2 is 2.00 bits per heavy atom. The first-order valence-electron chi connectivity index (χ1n) is 7.70. The van der Waals surface area contributed by atoms with Gasteiger partial charge < -0.3 is 4.90 Å². The monoisotopic (exact) mass is 297 g/mol. The van der Waals surface area contributed by atoms with Crippen molar-refractivity contribution in [1.82, 2.24) is 4.90 Å². The Bertz CT molecular complexity index is 665. The fourth-order valence-electron chi connectivity index (χ4n) is 3.10. The van der Waals surface area contributed by atoms with Crippen molar-refractivity contribution < 1.29 is 9.18 Å². The summed E-state index contributed by atoms with van der Waals surface area (Å²) < 4.78 is 13.0. The van der Waals surface area contributed by atoms with Gasteiger partial charge in [0.2, 0.25) is 5.91 Å². The van der Waals surface area contributed by atoms with Crippen molar-refractivity contribution in [3.63, 3.8) is 0 Å². The minimum absolute atomic E-state index is 0.176. The van der Waals surface area contributed by atoms with Crippen molar-refractivity contribution in [2.24, 2.45) is 0 Å². The van der Waals surface area contributed by atoms with Gasteiger partial charge in [0, 0.05) is 19.0 Å². The molecule has 2 nitrogen and oxygen atoms in total. The standard InChI is InChI=1S/C19H20FNO/c1-14-3-2-4-15(11-14)12-19(22)21-10-9-17(13-21)16-5-7-18(20)8-6-16/h2-8,11,17H,9-10,12-13H2,1H3/t17-/m0/s1. The summed E-state index contributed by atoms with van der Waals surface area (Å²) >= 11 is 0. The highest BCUT2D eigenvalue weighted by atomic mass is 19.1. The van der Waals surface area contributed by atoms with Crippen molar-refractivity contribution >= 4 is 5.91 Å². The number of nitrogens with zero attached hydrogens (tertiary/aromatic N) is 1. The lowest BCUT2D eigenvalue weighted by Crippen LogP contribution is -2.29. The first-order chi connectivity index (χ1) is 10.6. The number of rotatable bonds is 3. The maximum atomic E-state index is 13.0. The Labute approximate surface area is 130 Å². The van der Waals surface area contributed by atoms with Crippen LogP contribution in [0.15, 0.2) is 48.5 Å². The molecule has 3 rings (SSSR count). The van der Waals surface area contributed by atoms with Gasteiger partial charge in [-0.15, -0.1) is 0 Å². The van der Waals surface area contributed by atoms with Gasteiger partial charge in [-0.2, -0.15) is 0 Å². The van der Waals surface area contributed by atoms with Gasteiger partial charge in [-0.3, -0.25) is 4.79 Å². The van der Waals surface area contributed by atoms with Crippen LogP contribution in [0.1, 0.15) is 29.0 Å². The zero-order valence-electron chi connectivity index (χ0n) is 12.8. The lowest BCUT2D eigenvalue weighted by Gasteiger charge is -2.17. The minimum Gasteiger partial charge on any atom is -0.342 e. The molecule has 2 aromatic carbocycles. The second-order valence-corrected chi connectivity index (χ2v) is 6.04. The van der Waals surface area contributed by atoms with E-state index in [2.05, 4.69) is 6.07 Å². The number of halogens is 1. The fraction of sp³-hybridized carbons (Fsp3) is 0.316. The molecular formula is C19H20FNO. The zero-order valence-corrected chi connectivity index (χ0v) is 12.8. The first-order valence-corrected chi connectivity index (χ1v) is 7.70. The van der Waals surface area contributed by atoms with E-state index in [0.717, 1.165) is 30.6 Å². The van der Waals surface area contributed by atoms with Gasteiger partial charge in [-0.25, -0.2) is 4.39 Å². The van der Waals surface area contributed by atoms with E-state index in [-0.39, 0.29) is 11.7 Å². The van der Waals surface area contributed by atoms with Gasteiger partial charge in [0.15, 0.2) is 0 Å². The molecule has 0 aliphatic carbocycles.